The van der Waals surface area contributed by atoms with Crippen molar-refractivity contribution >= 4 is 70.3 Å². The van der Waals surface area contributed by atoms with Crippen LogP contribution >= 0.6 is 11.3 Å². The SMILES string of the molecule is C1=CC(c2ccccc2)CC=C1N(C1=CCC(c2cccc3sc4ccccc4c23)C=C1)c1ccc(C2=CC=C(n3c4ccccc4c4ccccc43)CC2)cc1. The second-order valence-corrected chi connectivity index (χ2v) is 16.6. The quantitative estimate of drug-likeness (QED) is 0.157. The summed E-state index contributed by atoms with van der Waals surface area (Å²) in [5.41, 5.74) is 13.0. The van der Waals surface area contributed by atoms with E-state index in [4.69, 9.17) is 0 Å². The number of fused-ring (bicyclic) bond motifs is 6. The third-order valence-electron chi connectivity index (χ3n) is 12.2. The number of anilines is 1. The predicted molar refractivity (Wildman–Crippen MR) is 245 cm³/mol. The van der Waals surface area contributed by atoms with Gasteiger partial charge in [0, 0.05) is 65.6 Å². The van der Waals surface area contributed by atoms with Gasteiger partial charge in [-0.2, -0.15) is 0 Å². The van der Waals surface area contributed by atoms with Crippen LogP contribution in [0.25, 0.3) is 53.2 Å². The third-order valence-corrected chi connectivity index (χ3v) is 13.4. The van der Waals surface area contributed by atoms with Crippen LogP contribution in [0.3, 0.4) is 0 Å². The fourth-order valence-corrected chi connectivity index (χ4v) is 10.5. The molecular formula is C54H42N2S. The van der Waals surface area contributed by atoms with Gasteiger partial charge in [0.05, 0.1) is 11.0 Å². The highest BCUT2D eigenvalue weighted by Gasteiger charge is 2.23. The van der Waals surface area contributed by atoms with Gasteiger partial charge in [-0.3, -0.25) is 0 Å². The zero-order chi connectivity index (χ0) is 37.7. The summed E-state index contributed by atoms with van der Waals surface area (Å²) in [5.74, 6) is 0.718. The second kappa shape index (κ2) is 14.3. The van der Waals surface area contributed by atoms with Gasteiger partial charge in [0.2, 0.25) is 0 Å². The molecule has 3 aliphatic rings. The summed E-state index contributed by atoms with van der Waals surface area (Å²) in [6, 6.07) is 53.5. The molecule has 0 fully saturated rings. The van der Waals surface area contributed by atoms with E-state index in [9.17, 15) is 0 Å². The van der Waals surface area contributed by atoms with Gasteiger partial charge in [0.15, 0.2) is 0 Å². The Kier molecular flexibility index (Phi) is 8.48. The highest BCUT2D eigenvalue weighted by molar-refractivity contribution is 7.25. The number of hydrogen-bond acceptors (Lipinski definition) is 2. The van der Waals surface area contributed by atoms with E-state index in [-0.39, 0.29) is 0 Å². The van der Waals surface area contributed by atoms with Crippen molar-refractivity contribution < 1.29 is 0 Å². The molecule has 2 heterocycles. The first-order chi connectivity index (χ1) is 28.3. The molecule has 2 unspecified atom stereocenters. The number of rotatable bonds is 7. The van der Waals surface area contributed by atoms with Crippen molar-refractivity contribution in [2.75, 3.05) is 4.90 Å². The maximum absolute atomic E-state index is 2.46. The van der Waals surface area contributed by atoms with Gasteiger partial charge in [0.1, 0.15) is 0 Å². The van der Waals surface area contributed by atoms with Crippen LogP contribution in [0.15, 0.2) is 206 Å². The summed E-state index contributed by atoms with van der Waals surface area (Å²) in [4.78, 5) is 2.46. The van der Waals surface area contributed by atoms with E-state index >= 15 is 0 Å². The van der Waals surface area contributed by atoms with Crippen LogP contribution in [0.1, 0.15) is 54.2 Å². The van der Waals surface area contributed by atoms with E-state index in [2.05, 4.69) is 204 Å². The molecule has 0 saturated carbocycles. The Balaban J connectivity index is 0.908. The van der Waals surface area contributed by atoms with E-state index in [0.29, 0.717) is 11.8 Å². The molecule has 0 aliphatic heterocycles. The Morgan fingerprint density at radius 3 is 1.82 bits per heavy atom. The van der Waals surface area contributed by atoms with Crippen LogP contribution in [0.5, 0.6) is 0 Å². The van der Waals surface area contributed by atoms with Crippen molar-refractivity contribution in [3.8, 4) is 0 Å². The summed E-state index contributed by atoms with van der Waals surface area (Å²) in [6.45, 7) is 0. The van der Waals surface area contributed by atoms with Crippen LogP contribution in [0.2, 0.25) is 0 Å². The molecule has 0 saturated heterocycles. The largest absolute Gasteiger partial charge is 0.313 e. The first-order valence-corrected chi connectivity index (χ1v) is 21.1. The molecule has 11 rings (SSSR count). The molecule has 2 aromatic heterocycles. The van der Waals surface area contributed by atoms with Gasteiger partial charge >= 0.3 is 0 Å². The molecule has 57 heavy (non-hydrogen) atoms. The van der Waals surface area contributed by atoms with E-state index in [1.54, 1.807) is 0 Å². The van der Waals surface area contributed by atoms with E-state index in [1.165, 1.54) is 87.0 Å². The van der Waals surface area contributed by atoms with Crippen LogP contribution in [-0.2, 0) is 0 Å². The highest BCUT2D eigenvalue weighted by Crippen LogP contribution is 2.43. The minimum absolute atomic E-state index is 0.330. The van der Waals surface area contributed by atoms with Gasteiger partial charge in [-0.05, 0) is 103 Å². The minimum atomic E-state index is 0.330. The lowest BCUT2D eigenvalue weighted by molar-refractivity contribution is 0.827. The average molecular weight is 751 g/mol. The lowest BCUT2D eigenvalue weighted by Crippen LogP contribution is -2.22. The first kappa shape index (κ1) is 33.9. The van der Waals surface area contributed by atoms with Crippen molar-refractivity contribution in [2.24, 2.45) is 0 Å². The second-order valence-electron chi connectivity index (χ2n) is 15.5. The fraction of sp³-hybridized carbons (Fsp3) is 0.111. The van der Waals surface area contributed by atoms with Gasteiger partial charge in [0.25, 0.3) is 0 Å². The smallest absolute Gasteiger partial charge is 0.0537 e. The highest BCUT2D eigenvalue weighted by atomic mass is 32.1. The van der Waals surface area contributed by atoms with Crippen molar-refractivity contribution in [1.82, 2.24) is 4.57 Å². The molecular weight excluding hydrogens is 709 g/mol. The molecule has 274 valence electrons. The number of para-hydroxylation sites is 2. The topological polar surface area (TPSA) is 8.17 Å². The number of benzene rings is 6. The van der Waals surface area contributed by atoms with Gasteiger partial charge < -0.3 is 9.47 Å². The Morgan fingerprint density at radius 2 is 1.16 bits per heavy atom. The van der Waals surface area contributed by atoms with Crippen LogP contribution < -0.4 is 4.90 Å². The predicted octanol–water partition coefficient (Wildman–Crippen LogP) is 14.9. The van der Waals surface area contributed by atoms with Crippen molar-refractivity contribution in [3.63, 3.8) is 0 Å². The Labute approximate surface area is 338 Å². The summed E-state index contributed by atoms with van der Waals surface area (Å²) in [7, 11) is 0. The monoisotopic (exact) mass is 750 g/mol. The van der Waals surface area contributed by atoms with E-state index in [1.807, 2.05) is 11.3 Å². The minimum Gasteiger partial charge on any atom is -0.313 e. The third kappa shape index (κ3) is 6.02. The molecule has 0 spiro atoms. The van der Waals surface area contributed by atoms with Crippen molar-refractivity contribution in [1.29, 1.82) is 0 Å². The molecule has 6 aromatic carbocycles. The lowest BCUT2D eigenvalue weighted by atomic mass is 9.88. The molecule has 2 nitrogen and oxygen atoms in total. The van der Waals surface area contributed by atoms with E-state index < -0.39 is 0 Å². The fourth-order valence-electron chi connectivity index (χ4n) is 9.40. The molecule has 0 N–H and O–H groups in total. The molecule has 0 bridgehead atoms. The first-order valence-electron chi connectivity index (χ1n) is 20.3. The molecule has 3 aliphatic carbocycles. The number of hydrogen-bond donors (Lipinski definition) is 0. The van der Waals surface area contributed by atoms with Gasteiger partial charge in [-0.15, -0.1) is 11.3 Å². The van der Waals surface area contributed by atoms with Crippen LogP contribution in [0, 0.1) is 0 Å². The summed E-state index contributed by atoms with van der Waals surface area (Å²) < 4.78 is 5.20. The average Bonchev–Trinajstić information content (AvgIpc) is 3.84. The molecule has 8 aromatic rings. The normalized spacial score (nSPS) is 18.2. The van der Waals surface area contributed by atoms with Crippen LogP contribution in [-0.4, -0.2) is 4.57 Å². The number of nitrogens with zero attached hydrogens (tertiary/aromatic N) is 2. The maximum atomic E-state index is 2.46. The number of aromatic nitrogens is 1. The summed E-state index contributed by atoms with van der Waals surface area (Å²) >= 11 is 1.90. The Morgan fingerprint density at radius 1 is 0.526 bits per heavy atom. The maximum Gasteiger partial charge on any atom is 0.0537 e. The zero-order valence-electron chi connectivity index (χ0n) is 31.8. The van der Waals surface area contributed by atoms with Crippen molar-refractivity contribution in [2.45, 2.75) is 37.5 Å². The van der Waals surface area contributed by atoms with E-state index in [0.717, 1.165) is 25.7 Å². The summed E-state index contributed by atoms with van der Waals surface area (Å²) in [6.07, 6.45) is 23.0. The zero-order valence-corrected chi connectivity index (χ0v) is 32.6. The summed E-state index contributed by atoms with van der Waals surface area (Å²) in [5, 5.41) is 5.41. The molecule has 3 heteroatoms. The standard InChI is InChI=1S/C54H42N2S/c1-2-11-37(12-3-1)38-21-29-42(30-22-38)55(44-35-27-41(28-36-44)46-16-10-20-53-54(46)49-15-6-9-19-52(49)57-53)43-31-23-39(24-32-43)40-25-33-45(34-26-40)56-50-17-7-4-13-47(50)48-14-5-8-18-51(48)56/h1-21,23-25,27,29-33,35-36,38,41H,22,26,28,34H2. The molecule has 0 amide bonds. The molecule has 2 atom stereocenters. The van der Waals surface area contributed by atoms with Gasteiger partial charge in [-0.25, -0.2) is 0 Å². The lowest BCUT2D eigenvalue weighted by Gasteiger charge is -2.32. The number of thiophene rings is 1. The van der Waals surface area contributed by atoms with Gasteiger partial charge in [-0.1, -0.05) is 140 Å². The Hall–Kier alpha value is -6.42. The van der Waals surface area contributed by atoms with Crippen LogP contribution in [0.4, 0.5) is 5.69 Å². The Bertz CT molecular complexity index is 2960. The van der Waals surface area contributed by atoms with Crippen molar-refractivity contribution in [3.05, 3.63) is 222 Å². The molecule has 0 radical (unpaired) electrons. The number of allylic oxidation sites excluding steroid dienone is 10.